The Balaban J connectivity index is 0. The predicted octanol–water partition coefficient (Wildman–Crippen LogP) is -2.00. The van der Waals surface area contributed by atoms with Crippen molar-refractivity contribution >= 4 is 28.3 Å². The van der Waals surface area contributed by atoms with Gasteiger partial charge < -0.3 is 0 Å². The fourth-order valence-electron chi connectivity index (χ4n) is 0. The molecule has 0 bridgehead atoms. The normalized spacial score (nSPS) is 0. The average Bonchev–Trinajstić information content (AvgIpc) is 0. The van der Waals surface area contributed by atoms with Crippen LogP contribution in [0.4, 0.5) is 0 Å². The van der Waals surface area contributed by atoms with Gasteiger partial charge in [-0.25, -0.2) is 0 Å². The van der Waals surface area contributed by atoms with Crippen LogP contribution in [0.25, 0.3) is 0 Å². The van der Waals surface area contributed by atoms with Gasteiger partial charge in [-0.05, 0) is 11.0 Å². The van der Waals surface area contributed by atoms with E-state index in [1.165, 1.54) is 0 Å². The minimum absolute atomic E-state index is 0. The van der Waals surface area contributed by atoms with E-state index in [0.717, 1.165) is 0 Å². The molecule has 0 amide bonds. The molecule has 4 heavy (non-hydrogen) atoms. The number of hydrogen-bond donors (Lipinski definition) is 0. The molecule has 0 aromatic rings. The van der Waals surface area contributed by atoms with E-state index in [4.69, 9.17) is 0 Å². The molecule has 0 saturated heterocycles. The molecular formula is CH11AlArSi. The van der Waals surface area contributed by atoms with E-state index >= 15 is 0 Å². The largest absolute Gasteiger partial charge is 0.187 e. The van der Waals surface area contributed by atoms with E-state index in [1.54, 1.807) is 0 Å². The molecule has 0 heterocycles. The number of rotatable bonds is 0. The second-order valence-corrected chi connectivity index (χ2v) is 0. The molecule has 0 N–H and O–H groups in total. The Labute approximate surface area is 72.5 Å². The van der Waals surface area contributed by atoms with Crippen LogP contribution in [0.2, 0.25) is 0 Å². The summed E-state index contributed by atoms with van der Waals surface area (Å²) >= 11 is 0. The fraction of sp³-hybridized carbons (Fsp3) is 1.00. The zero-order valence-electron chi connectivity index (χ0n) is 0.354. The molecule has 0 aromatic carbocycles. The summed E-state index contributed by atoms with van der Waals surface area (Å²) in [6.45, 7) is 0. The van der Waals surface area contributed by atoms with Crippen LogP contribution in [0.1, 0.15) is 7.43 Å². The topological polar surface area (TPSA) is 0 Å². The van der Waals surface area contributed by atoms with Crippen LogP contribution in [0.15, 0.2) is 0 Å². The Kier molecular flexibility index (Phi) is 186. The van der Waals surface area contributed by atoms with Crippen LogP contribution in [0, 0.1) is 37.7 Å². The van der Waals surface area contributed by atoms with Gasteiger partial charge in [0.25, 0.3) is 0 Å². The average molecular weight is 118 g/mol. The summed E-state index contributed by atoms with van der Waals surface area (Å²) in [6.07, 6.45) is 0. The van der Waals surface area contributed by atoms with Gasteiger partial charge in [0.05, 0.1) is 0 Å². The van der Waals surface area contributed by atoms with Crippen molar-refractivity contribution < 1.29 is 37.7 Å². The Morgan fingerprint density at radius 3 is 1.00 bits per heavy atom. The molecule has 0 aromatic heterocycles. The monoisotopic (exact) mass is 118 g/mol. The van der Waals surface area contributed by atoms with Gasteiger partial charge in [-0.1, -0.05) is 7.43 Å². The van der Waals surface area contributed by atoms with Crippen LogP contribution in [-0.2, 0) is 0 Å². The molecule has 0 saturated carbocycles. The fourth-order valence-corrected chi connectivity index (χ4v) is 0. The summed E-state index contributed by atoms with van der Waals surface area (Å²) in [5.74, 6) is 0. The first kappa shape index (κ1) is 37.4. The van der Waals surface area contributed by atoms with Crippen LogP contribution in [0.3, 0.4) is 0 Å². The van der Waals surface area contributed by atoms with Gasteiger partial charge in [0.15, 0.2) is 17.4 Å². The molecule has 0 aliphatic rings. The summed E-state index contributed by atoms with van der Waals surface area (Å²) in [6, 6.07) is 0. The van der Waals surface area contributed by atoms with Crippen LogP contribution < -0.4 is 0 Å². The first-order chi connectivity index (χ1) is 0. The van der Waals surface area contributed by atoms with Crippen LogP contribution >= 0.6 is 0 Å². The first-order valence-corrected chi connectivity index (χ1v) is 0. The van der Waals surface area contributed by atoms with Crippen molar-refractivity contribution in [3.8, 4) is 0 Å². The van der Waals surface area contributed by atoms with Gasteiger partial charge in [-0.2, -0.15) is 0 Å². The molecule has 0 atom stereocenters. The molecule has 0 unspecified atom stereocenters. The van der Waals surface area contributed by atoms with Crippen molar-refractivity contribution in [1.29, 1.82) is 0 Å². The van der Waals surface area contributed by atoms with Gasteiger partial charge >= 0.3 is 0 Å². The molecule has 0 nitrogen and oxygen atoms in total. The van der Waals surface area contributed by atoms with Crippen molar-refractivity contribution in [1.82, 2.24) is 0 Å². The molecular weight excluding hydrogens is 107 g/mol. The summed E-state index contributed by atoms with van der Waals surface area (Å²) in [4.78, 5) is 0. The third-order valence-corrected chi connectivity index (χ3v) is 0. The van der Waals surface area contributed by atoms with Gasteiger partial charge in [0.2, 0.25) is 0 Å². The van der Waals surface area contributed by atoms with Gasteiger partial charge in [-0.3, -0.25) is 0 Å². The zero-order chi connectivity index (χ0) is 0. The summed E-state index contributed by atoms with van der Waals surface area (Å²) in [7, 11) is 0. The quantitative estimate of drug-likeness (QED) is 0.323. The van der Waals surface area contributed by atoms with E-state index in [-0.39, 0.29) is 73.5 Å². The van der Waals surface area contributed by atoms with Gasteiger partial charge in [-0.15, -0.1) is 0 Å². The molecule has 0 fully saturated rings. The summed E-state index contributed by atoms with van der Waals surface area (Å²) < 4.78 is 0. The summed E-state index contributed by atoms with van der Waals surface area (Å²) in [5.41, 5.74) is 0. The van der Waals surface area contributed by atoms with Crippen molar-refractivity contribution in [2.45, 2.75) is 7.43 Å². The van der Waals surface area contributed by atoms with E-state index in [9.17, 15) is 0 Å². The van der Waals surface area contributed by atoms with Gasteiger partial charge in [0, 0.05) is 37.7 Å². The first-order valence-electron chi connectivity index (χ1n) is 0. The number of hydrogen-bond acceptors (Lipinski definition) is 0. The third kappa shape index (κ3) is 8.99. The van der Waals surface area contributed by atoms with Crippen molar-refractivity contribution in [2.75, 3.05) is 0 Å². The minimum atomic E-state index is 0. The predicted molar refractivity (Wildman–Crippen MR) is 28.0 cm³/mol. The molecule has 0 radical (unpaired) electrons. The SMILES string of the molecule is C.[AlH3].[Ar].[SiH4]. The third-order valence-electron chi connectivity index (χ3n) is 0. The standard InChI is InChI=1S/CH4.Al.Ar.H4Si.3H/h1H4;;;1H4;;;. The molecule has 0 aliphatic heterocycles. The Morgan fingerprint density at radius 1 is 1.00 bits per heavy atom. The van der Waals surface area contributed by atoms with E-state index < -0.39 is 0 Å². The maximum Gasteiger partial charge on any atom is 0.187 e. The van der Waals surface area contributed by atoms with Crippen molar-refractivity contribution in [3.05, 3.63) is 0 Å². The Morgan fingerprint density at radius 2 is 1.00 bits per heavy atom. The van der Waals surface area contributed by atoms with Gasteiger partial charge in [0.1, 0.15) is 0 Å². The van der Waals surface area contributed by atoms with E-state index in [1.807, 2.05) is 0 Å². The minimum Gasteiger partial charge on any atom is -0.0776 e. The maximum atomic E-state index is 0. The zero-order valence-corrected chi connectivity index (χ0v) is 1.06. The molecule has 0 aliphatic carbocycles. The molecule has 30 valence electrons. The van der Waals surface area contributed by atoms with Crippen LogP contribution in [-0.4, -0.2) is 28.3 Å². The Bertz CT molecular complexity index is 8.00. The second-order valence-electron chi connectivity index (χ2n) is 0. The van der Waals surface area contributed by atoms with Crippen molar-refractivity contribution in [3.63, 3.8) is 0 Å². The summed E-state index contributed by atoms with van der Waals surface area (Å²) in [5, 5.41) is 0. The van der Waals surface area contributed by atoms with E-state index in [2.05, 4.69) is 0 Å². The van der Waals surface area contributed by atoms with E-state index in [0.29, 0.717) is 0 Å². The van der Waals surface area contributed by atoms with Crippen molar-refractivity contribution in [2.24, 2.45) is 0 Å². The molecule has 0 spiro atoms. The molecule has 0 rings (SSSR count). The smallest absolute Gasteiger partial charge is 0.0776 e. The second kappa shape index (κ2) is 19.9. The van der Waals surface area contributed by atoms with Crippen LogP contribution in [0.5, 0.6) is 0 Å². The maximum absolute atomic E-state index is 0. The molecule has 3 heteroatoms. The Hall–Kier alpha value is 2.01.